The van der Waals surface area contributed by atoms with Crippen LogP contribution < -0.4 is 5.73 Å². The van der Waals surface area contributed by atoms with E-state index in [1.54, 1.807) is 11.8 Å². The predicted octanol–water partition coefficient (Wildman–Crippen LogP) is -0.00220. The minimum Gasteiger partial charge on any atom is -0.340 e. The fourth-order valence-electron chi connectivity index (χ4n) is 3.07. The molecule has 6 nitrogen and oxygen atoms in total. The van der Waals surface area contributed by atoms with Crippen molar-refractivity contribution in [1.82, 2.24) is 9.21 Å². The Morgan fingerprint density at radius 2 is 1.85 bits per heavy atom. The van der Waals surface area contributed by atoms with E-state index in [1.807, 2.05) is 0 Å². The minimum atomic E-state index is -3.13. The zero-order valence-electron chi connectivity index (χ0n) is 12.1. The van der Waals surface area contributed by atoms with Gasteiger partial charge >= 0.3 is 0 Å². The average Bonchev–Trinajstić information content (AvgIpc) is 2.84. The number of piperazine rings is 1. The molecule has 2 atom stereocenters. The fraction of sp³-hybridized carbons (Fsp3) is 0.923. The van der Waals surface area contributed by atoms with Gasteiger partial charge in [-0.05, 0) is 25.7 Å². The summed E-state index contributed by atoms with van der Waals surface area (Å²) in [7, 11) is -3.13. The van der Waals surface area contributed by atoms with Crippen LogP contribution in [0.5, 0.6) is 0 Å². The molecule has 7 heteroatoms. The smallest absolute Gasteiger partial charge is 0.222 e. The lowest BCUT2D eigenvalue weighted by Crippen LogP contribution is -2.51. The summed E-state index contributed by atoms with van der Waals surface area (Å²) < 4.78 is 25.0. The van der Waals surface area contributed by atoms with E-state index in [2.05, 4.69) is 0 Å². The van der Waals surface area contributed by atoms with Gasteiger partial charge in [0.25, 0.3) is 0 Å². The molecule has 2 aliphatic rings. The number of nitrogens with zero attached hydrogens (tertiary/aromatic N) is 2. The van der Waals surface area contributed by atoms with Crippen LogP contribution in [0.2, 0.25) is 0 Å². The molecular weight excluding hydrogens is 278 g/mol. The third kappa shape index (κ3) is 3.51. The van der Waals surface area contributed by atoms with Gasteiger partial charge in [-0.2, -0.15) is 4.31 Å². The van der Waals surface area contributed by atoms with Crippen molar-refractivity contribution in [3.63, 3.8) is 0 Å². The Morgan fingerprint density at radius 3 is 2.35 bits per heavy atom. The zero-order valence-corrected chi connectivity index (χ0v) is 12.9. The van der Waals surface area contributed by atoms with E-state index in [0.717, 1.165) is 19.3 Å². The quantitative estimate of drug-likeness (QED) is 0.792. The molecule has 20 heavy (non-hydrogen) atoms. The molecule has 0 spiro atoms. The van der Waals surface area contributed by atoms with Gasteiger partial charge in [0.2, 0.25) is 15.9 Å². The van der Waals surface area contributed by atoms with Crippen LogP contribution in [0.4, 0.5) is 0 Å². The van der Waals surface area contributed by atoms with E-state index in [-0.39, 0.29) is 17.7 Å². The van der Waals surface area contributed by atoms with Gasteiger partial charge in [0.05, 0.1) is 5.75 Å². The molecule has 116 valence electrons. The Labute approximate surface area is 121 Å². The van der Waals surface area contributed by atoms with E-state index < -0.39 is 10.0 Å². The van der Waals surface area contributed by atoms with Crippen molar-refractivity contribution in [3.05, 3.63) is 0 Å². The number of rotatable bonds is 4. The third-order valence-electron chi connectivity index (χ3n) is 4.50. The highest BCUT2D eigenvalue weighted by atomic mass is 32.2. The molecule has 2 N–H and O–H groups in total. The van der Waals surface area contributed by atoms with Crippen LogP contribution in [0.3, 0.4) is 0 Å². The number of hydrogen-bond acceptors (Lipinski definition) is 4. The first kappa shape index (κ1) is 15.7. The van der Waals surface area contributed by atoms with Crippen LogP contribution in [0, 0.1) is 5.92 Å². The Hall–Kier alpha value is -0.660. The maximum absolute atomic E-state index is 12.2. The molecule has 0 bridgehead atoms. The third-order valence-corrected chi connectivity index (χ3v) is 6.39. The van der Waals surface area contributed by atoms with Crippen molar-refractivity contribution in [2.45, 2.75) is 38.6 Å². The Morgan fingerprint density at radius 1 is 1.20 bits per heavy atom. The summed E-state index contributed by atoms with van der Waals surface area (Å²) in [6.45, 7) is 3.48. The van der Waals surface area contributed by atoms with Crippen LogP contribution in [0.1, 0.15) is 32.6 Å². The molecule has 2 rings (SSSR count). The summed E-state index contributed by atoms with van der Waals surface area (Å²) in [6, 6.07) is 0.153. The highest BCUT2D eigenvalue weighted by Gasteiger charge is 2.31. The lowest BCUT2D eigenvalue weighted by molar-refractivity contribution is -0.133. The largest absolute Gasteiger partial charge is 0.340 e. The normalized spacial score (nSPS) is 28.8. The average molecular weight is 303 g/mol. The van der Waals surface area contributed by atoms with Gasteiger partial charge in [-0.25, -0.2) is 8.42 Å². The van der Waals surface area contributed by atoms with Crippen molar-refractivity contribution in [2.75, 3.05) is 31.9 Å². The molecule has 0 aromatic rings. The first-order valence-corrected chi connectivity index (χ1v) is 9.06. The summed E-state index contributed by atoms with van der Waals surface area (Å²) in [4.78, 5) is 14.0. The summed E-state index contributed by atoms with van der Waals surface area (Å²) in [5, 5.41) is 0. The zero-order chi connectivity index (χ0) is 14.8. The Bertz CT molecular complexity index is 444. The van der Waals surface area contributed by atoms with Crippen LogP contribution >= 0.6 is 0 Å². The van der Waals surface area contributed by atoms with Gasteiger partial charge in [-0.1, -0.05) is 6.42 Å². The number of hydrogen-bond donors (Lipinski definition) is 1. The van der Waals surface area contributed by atoms with Crippen LogP contribution in [-0.2, 0) is 14.8 Å². The van der Waals surface area contributed by atoms with Gasteiger partial charge in [-0.3, -0.25) is 4.79 Å². The van der Waals surface area contributed by atoms with E-state index in [0.29, 0.717) is 38.5 Å². The Kier molecular flexibility index (Phi) is 5.04. The second-order valence-electron chi connectivity index (χ2n) is 5.74. The number of carbonyl (C=O) groups excluding carboxylic acids is 1. The molecule has 0 radical (unpaired) electrons. The number of amides is 1. The molecule has 1 saturated carbocycles. The van der Waals surface area contributed by atoms with Crippen molar-refractivity contribution in [3.8, 4) is 0 Å². The highest BCUT2D eigenvalue weighted by molar-refractivity contribution is 7.89. The van der Waals surface area contributed by atoms with Gasteiger partial charge in [0, 0.05) is 38.6 Å². The van der Waals surface area contributed by atoms with Crippen molar-refractivity contribution < 1.29 is 13.2 Å². The molecule has 0 aromatic carbocycles. The second kappa shape index (κ2) is 6.41. The topological polar surface area (TPSA) is 83.7 Å². The molecule has 0 aromatic heterocycles. The molecule has 1 aliphatic heterocycles. The molecule has 1 heterocycles. The summed E-state index contributed by atoms with van der Waals surface area (Å²) in [5.41, 5.74) is 6.00. The summed E-state index contributed by atoms with van der Waals surface area (Å²) in [5.74, 6) is 0.554. The first-order valence-electron chi connectivity index (χ1n) is 7.45. The van der Waals surface area contributed by atoms with E-state index in [4.69, 9.17) is 5.73 Å². The van der Waals surface area contributed by atoms with Gasteiger partial charge in [-0.15, -0.1) is 0 Å². The van der Waals surface area contributed by atoms with Crippen LogP contribution in [-0.4, -0.2) is 61.5 Å². The lowest BCUT2D eigenvalue weighted by atomic mass is 9.99. The lowest BCUT2D eigenvalue weighted by Gasteiger charge is -2.34. The minimum absolute atomic E-state index is 0.123. The van der Waals surface area contributed by atoms with Crippen molar-refractivity contribution in [1.29, 1.82) is 0 Å². The predicted molar refractivity (Wildman–Crippen MR) is 77.5 cm³/mol. The van der Waals surface area contributed by atoms with Crippen LogP contribution in [0.15, 0.2) is 0 Å². The summed E-state index contributed by atoms with van der Waals surface area (Å²) in [6.07, 6.45) is 3.68. The van der Waals surface area contributed by atoms with Crippen molar-refractivity contribution >= 4 is 15.9 Å². The molecular formula is C13H25N3O3S. The maximum Gasteiger partial charge on any atom is 0.222 e. The van der Waals surface area contributed by atoms with Crippen molar-refractivity contribution in [2.24, 2.45) is 11.7 Å². The maximum atomic E-state index is 12.2. The monoisotopic (exact) mass is 303 g/mol. The standard InChI is InChI=1S/C13H25N3O3S/c1-2-20(18,19)16-8-6-15(7-9-16)13(17)10-11-4-3-5-12(11)14/h11-12H,2-10,14H2,1H3/t11-,12+/m0/s1. The highest BCUT2D eigenvalue weighted by Crippen LogP contribution is 2.27. The molecule has 1 aliphatic carbocycles. The first-order chi connectivity index (χ1) is 9.44. The van der Waals surface area contributed by atoms with E-state index in [1.165, 1.54) is 4.31 Å². The van der Waals surface area contributed by atoms with Gasteiger partial charge in [0.15, 0.2) is 0 Å². The summed E-state index contributed by atoms with van der Waals surface area (Å²) >= 11 is 0. The Balaban J connectivity index is 1.83. The van der Waals surface area contributed by atoms with E-state index in [9.17, 15) is 13.2 Å². The fourth-order valence-corrected chi connectivity index (χ4v) is 4.16. The number of nitrogens with two attached hydrogens (primary N) is 1. The molecule has 1 amide bonds. The van der Waals surface area contributed by atoms with Gasteiger partial charge in [0.1, 0.15) is 0 Å². The number of carbonyl (C=O) groups is 1. The molecule has 2 fully saturated rings. The number of sulfonamides is 1. The molecule has 1 saturated heterocycles. The van der Waals surface area contributed by atoms with E-state index >= 15 is 0 Å². The molecule has 0 unspecified atom stereocenters. The SMILES string of the molecule is CCS(=O)(=O)N1CCN(C(=O)C[C@@H]2CCC[C@H]2N)CC1. The van der Waals surface area contributed by atoms with Gasteiger partial charge < -0.3 is 10.6 Å². The second-order valence-corrected chi connectivity index (χ2v) is 8.00. The van der Waals surface area contributed by atoms with Crippen LogP contribution in [0.25, 0.3) is 0 Å².